The highest BCUT2D eigenvalue weighted by Gasteiger charge is 2.30. The van der Waals surface area contributed by atoms with Crippen LogP contribution in [0, 0.1) is 0 Å². The van der Waals surface area contributed by atoms with E-state index in [-0.39, 0.29) is 5.91 Å². The number of fused-ring (bicyclic) bond motifs is 1. The molecule has 0 aliphatic carbocycles. The zero-order valence-corrected chi connectivity index (χ0v) is 17.4. The smallest absolute Gasteiger partial charge is 0.258 e. The van der Waals surface area contributed by atoms with Gasteiger partial charge in [-0.15, -0.1) is 0 Å². The van der Waals surface area contributed by atoms with Gasteiger partial charge in [-0.3, -0.25) is 4.79 Å². The minimum absolute atomic E-state index is 0.0358. The van der Waals surface area contributed by atoms with E-state index in [2.05, 4.69) is 0 Å². The van der Waals surface area contributed by atoms with Gasteiger partial charge >= 0.3 is 0 Å². The number of para-hydroxylation sites is 1. The maximum absolute atomic E-state index is 12.8. The number of halogens is 2. The Morgan fingerprint density at radius 3 is 2.45 bits per heavy atom. The normalized spacial score (nSPS) is 14.4. The zero-order valence-electron chi connectivity index (χ0n) is 15.9. The molecule has 3 nitrogen and oxygen atoms in total. The van der Waals surface area contributed by atoms with Crippen molar-refractivity contribution in [3.63, 3.8) is 0 Å². The fourth-order valence-electron chi connectivity index (χ4n) is 3.38. The second-order valence-corrected chi connectivity index (χ2v) is 7.55. The van der Waals surface area contributed by atoms with Crippen LogP contribution in [-0.4, -0.2) is 12.5 Å². The van der Waals surface area contributed by atoms with Crippen molar-refractivity contribution in [1.82, 2.24) is 0 Å². The van der Waals surface area contributed by atoms with Crippen LogP contribution in [0.4, 0.5) is 5.69 Å². The Bertz CT molecular complexity index is 1090. The van der Waals surface area contributed by atoms with Crippen LogP contribution in [0.15, 0.2) is 66.7 Å². The van der Waals surface area contributed by atoms with Crippen molar-refractivity contribution in [2.24, 2.45) is 0 Å². The Hall–Kier alpha value is -2.75. The van der Waals surface area contributed by atoms with E-state index in [4.69, 9.17) is 27.9 Å². The Morgan fingerprint density at radius 1 is 0.966 bits per heavy atom. The highest BCUT2D eigenvalue weighted by molar-refractivity contribution is 6.42. The maximum Gasteiger partial charge on any atom is 0.258 e. The number of amides is 1. The Kier molecular flexibility index (Phi) is 5.61. The summed E-state index contributed by atoms with van der Waals surface area (Å²) in [7, 11) is 0. The van der Waals surface area contributed by atoms with Crippen molar-refractivity contribution in [1.29, 1.82) is 0 Å². The predicted octanol–water partition coefficient (Wildman–Crippen LogP) is 6.48. The van der Waals surface area contributed by atoms with Gasteiger partial charge < -0.3 is 9.64 Å². The van der Waals surface area contributed by atoms with Crippen LogP contribution >= 0.6 is 23.2 Å². The standard InChI is InChI=1S/C24H19Cl2NO2/c1-2-27-23-6-4-3-5-19(23)20(24(27)28)13-16-7-10-18(11-8-16)29-15-17-9-12-21(25)22(26)14-17/h3-14H,2,15H2,1H3/b20-13-. The molecule has 1 heterocycles. The van der Waals surface area contributed by atoms with Crippen molar-refractivity contribution in [2.45, 2.75) is 13.5 Å². The summed E-state index contributed by atoms with van der Waals surface area (Å²) >= 11 is 12.0. The second kappa shape index (κ2) is 8.32. The SMILES string of the molecule is CCN1C(=O)/C(=C\c2ccc(OCc3ccc(Cl)c(Cl)c3)cc2)c2ccccc21. The number of rotatable bonds is 5. The third-order valence-corrected chi connectivity index (χ3v) is 5.60. The molecule has 3 aromatic carbocycles. The minimum atomic E-state index is 0.0358. The van der Waals surface area contributed by atoms with Gasteiger partial charge in [-0.25, -0.2) is 0 Å². The predicted molar refractivity (Wildman–Crippen MR) is 120 cm³/mol. The van der Waals surface area contributed by atoms with Gasteiger partial charge in [0.1, 0.15) is 12.4 Å². The molecular formula is C24H19Cl2NO2. The number of benzene rings is 3. The van der Waals surface area contributed by atoms with E-state index in [1.165, 1.54) is 0 Å². The molecule has 5 heteroatoms. The first kappa shape index (κ1) is 19.6. The summed E-state index contributed by atoms with van der Waals surface area (Å²) < 4.78 is 5.83. The lowest BCUT2D eigenvalue weighted by Gasteiger charge is -2.13. The number of carbonyl (C=O) groups is 1. The molecule has 0 radical (unpaired) electrons. The Morgan fingerprint density at radius 2 is 1.72 bits per heavy atom. The summed E-state index contributed by atoms with van der Waals surface area (Å²) in [6.45, 7) is 3.03. The van der Waals surface area contributed by atoms with E-state index in [1.54, 1.807) is 17.0 Å². The Balaban J connectivity index is 1.51. The van der Waals surface area contributed by atoms with Crippen molar-refractivity contribution in [3.8, 4) is 5.75 Å². The molecule has 0 atom stereocenters. The lowest BCUT2D eigenvalue weighted by Crippen LogP contribution is -2.25. The van der Waals surface area contributed by atoms with Crippen LogP contribution in [0.1, 0.15) is 23.6 Å². The minimum Gasteiger partial charge on any atom is -0.489 e. The van der Waals surface area contributed by atoms with Gasteiger partial charge in [0.15, 0.2) is 0 Å². The first-order valence-electron chi connectivity index (χ1n) is 9.36. The summed E-state index contributed by atoms with van der Waals surface area (Å²) in [5.41, 5.74) is 4.54. The van der Waals surface area contributed by atoms with E-state index in [0.29, 0.717) is 28.8 Å². The van der Waals surface area contributed by atoms with Crippen LogP contribution in [0.2, 0.25) is 10.0 Å². The van der Waals surface area contributed by atoms with Gasteiger partial charge in [-0.05, 0) is 54.5 Å². The molecule has 3 aromatic rings. The lowest BCUT2D eigenvalue weighted by atomic mass is 10.0. The highest BCUT2D eigenvalue weighted by Crippen LogP contribution is 2.37. The molecule has 0 saturated carbocycles. The number of carbonyl (C=O) groups excluding carboxylic acids is 1. The molecule has 146 valence electrons. The molecular weight excluding hydrogens is 405 g/mol. The topological polar surface area (TPSA) is 29.5 Å². The number of ether oxygens (including phenoxy) is 1. The molecule has 0 unspecified atom stereocenters. The second-order valence-electron chi connectivity index (χ2n) is 6.73. The Labute approximate surface area is 180 Å². The quantitative estimate of drug-likeness (QED) is 0.439. The summed E-state index contributed by atoms with van der Waals surface area (Å²) in [6.07, 6.45) is 1.93. The molecule has 0 N–H and O–H groups in total. The van der Waals surface area contributed by atoms with Crippen LogP contribution < -0.4 is 9.64 Å². The fourth-order valence-corrected chi connectivity index (χ4v) is 3.70. The summed E-state index contributed by atoms with van der Waals surface area (Å²) in [5, 5.41) is 1.04. The van der Waals surface area contributed by atoms with Gasteiger partial charge in [0.05, 0.1) is 15.7 Å². The highest BCUT2D eigenvalue weighted by atomic mass is 35.5. The molecule has 29 heavy (non-hydrogen) atoms. The van der Waals surface area contributed by atoms with Crippen LogP contribution in [0.5, 0.6) is 5.75 Å². The lowest BCUT2D eigenvalue weighted by molar-refractivity contribution is -0.112. The fraction of sp³-hybridized carbons (Fsp3) is 0.125. The summed E-state index contributed by atoms with van der Waals surface area (Å²) in [4.78, 5) is 14.6. The van der Waals surface area contributed by atoms with Gasteiger partial charge in [0.25, 0.3) is 5.91 Å². The average molecular weight is 424 g/mol. The van der Waals surface area contributed by atoms with Gasteiger partial charge in [0.2, 0.25) is 0 Å². The van der Waals surface area contributed by atoms with Crippen molar-refractivity contribution in [2.75, 3.05) is 11.4 Å². The molecule has 0 fully saturated rings. The van der Waals surface area contributed by atoms with Crippen molar-refractivity contribution >= 4 is 46.4 Å². The molecule has 0 saturated heterocycles. The van der Waals surface area contributed by atoms with E-state index >= 15 is 0 Å². The van der Waals surface area contributed by atoms with Crippen molar-refractivity contribution < 1.29 is 9.53 Å². The number of anilines is 1. The van der Waals surface area contributed by atoms with Crippen LogP contribution in [0.25, 0.3) is 11.6 Å². The molecule has 0 bridgehead atoms. The van der Waals surface area contributed by atoms with Crippen LogP contribution in [-0.2, 0) is 11.4 Å². The molecule has 1 amide bonds. The largest absolute Gasteiger partial charge is 0.489 e. The van der Waals surface area contributed by atoms with Crippen LogP contribution in [0.3, 0.4) is 0 Å². The maximum atomic E-state index is 12.8. The van der Waals surface area contributed by atoms with E-state index in [0.717, 1.165) is 28.1 Å². The number of hydrogen-bond donors (Lipinski definition) is 0. The van der Waals surface area contributed by atoms with Gasteiger partial charge in [0, 0.05) is 17.7 Å². The average Bonchev–Trinajstić information content (AvgIpc) is 3.01. The van der Waals surface area contributed by atoms with E-state index in [1.807, 2.05) is 67.6 Å². The molecule has 0 spiro atoms. The molecule has 1 aliphatic heterocycles. The van der Waals surface area contributed by atoms with E-state index in [9.17, 15) is 4.79 Å². The van der Waals surface area contributed by atoms with Crippen molar-refractivity contribution in [3.05, 3.63) is 93.5 Å². The number of nitrogens with zero attached hydrogens (tertiary/aromatic N) is 1. The molecule has 4 rings (SSSR count). The third kappa shape index (κ3) is 4.02. The summed E-state index contributed by atoms with van der Waals surface area (Å²) in [5.74, 6) is 0.778. The van der Waals surface area contributed by atoms with E-state index < -0.39 is 0 Å². The van der Waals surface area contributed by atoms with Gasteiger partial charge in [-0.2, -0.15) is 0 Å². The first-order valence-corrected chi connectivity index (χ1v) is 10.1. The zero-order chi connectivity index (χ0) is 20.4. The molecule has 1 aliphatic rings. The van der Waals surface area contributed by atoms with Gasteiger partial charge in [-0.1, -0.05) is 59.6 Å². The monoisotopic (exact) mass is 423 g/mol. The third-order valence-electron chi connectivity index (χ3n) is 4.86. The number of likely N-dealkylation sites (N-methyl/N-ethyl adjacent to an activating group) is 1. The first-order chi connectivity index (χ1) is 14.1. The summed E-state index contributed by atoms with van der Waals surface area (Å²) in [6, 6.07) is 21.0. The molecule has 0 aromatic heterocycles. The number of hydrogen-bond acceptors (Lipinski definition) is 2.